The molecule has 0 radical (unpaired) electrons. The van der Waals surface area contributed by atoms with Crippen LogP contribution in [0.25, 0.3) is 10.8 Å². The Kier molecular flexibility index (Phi) is 16.5. The predicted octanol–water partition coefficient (Wildman–Crippen LogP) is 2.09. The van der Waals surface area contributed by atoms with Gasteiger partial charge in [0.25, 0.3) is 0 Å². The standard InChI is InChI=1S/C37H54N6O5/c1-25(2)18-33(37(47)48)41-23-31(21-26-10-4-3-5-11-26)42-36(46)34(24-44)43-35(45)32(14-8-9-17-38)40-22-30(39)20-27-15-16-28-12-6-7-13-29(28)19-27/h3-7,10-13,15-16,19,25,30-34,40-41,44H,8-9,14,17-18,20-24,38-39H2,1-2H3,(H,42,46)(H,43,45)(H,47,48)/t30-,31-,32-,33-,34-/m1/s1. The van der Waals surface area contributed by atoms with Gasteiger partial charge in [0.2, 0.25) is 11.8 Å². The molecule has 3 aromatic rings. The molecule has 0 spiro atoms. The van der Waals surface area contributed by atoms with Gasteiger partial charge in [0.05, 0.1) is 12.6 Å². The summed E-state index contributed by atoms with van der Waals surface area (Å²) < 4.78 is 0. The zero-order chi connectivity index (χ0) is 34.9. The molecule has 10 N–H and O–H groups in total. The van der Waals surface area contributed by atoms with Crippen molar-refractivity contribution in [2.24, 2.45) is 17.4 Å². The van der Waals surface area contributed by atoms with E-state index < -0.39 is 48.6 Å². The summed E-state index contributed by atoms with van der Waals surface area (Å²) in [7, 11) is 0. The van der Waals surface area contributed by atoms with Crippen molar-refractivity contribution in [2.75, 3.05) is 26.2 Å². The molecule has 2 amide bonds. The number of benzene rings is 3. The molecule has 0 saturated carbocycles. The third-order valence-corrected chi connectivity index (χ3v) is 8.30. The summed E-state index contributed by atoms with van der Waals surface area (Å²) in [5.74, 6) is -1.77. The average molecular weight is 663 g/mol. The van der Waals surface area contributed by atoms with Crippen LogP contribution in [0.15, 0.2) is 72.8 Å². The van der Waals surface area contributed by atoms with Crippen LogP contribution in [0.3, 0.4) is 0 Å². The van der Waals surface area contributed by atoms with Crippen LogP contribution in [0.2, 0.25) is 0 Å². The van der Waals surface area contributed by atoms with Gasteiger partial charge in [-0.15, -0.1) is 0 Å². The summed E-state index contributed by atoms with van der Waals surface area (Å²) in [4.78, 5) is 38.8. The minimum atomic E-state index is -1.20. The molecule has 0 unspecified atom stereocenters. The minimum absolute atomic E-state index is 0.161. The van der Waals surface area contributed by atoms with Gasteiger partial charge in [0.15, 0.2) is 0 Å². The first-order valence-electron chi connectivity index (χ1n) is 17.0. The van der Waals surface area contributed by atoms with Crippen LogP contribution in [0.1, 0.15) is 50.7 Å². The SMILES string of the molecule is CC(C)C[C@@H](NC[C@@H](Cc1ccccc1)NC(=O)[C@@H](CO)NC(=O)[C@@H](CCCCN)NC[C@H](N)Cc1ccc2ccccc2c1)C(=O)O. The van der Waals surface area contributed by atoms with Crippen molar-refractivity contribution >= 4 is 28.6 Å². The summed E-state index contributed by atoms with van der Waals surface area (Å²) >= 11 is 0. The molecule has 0 fully saturated rings. The lowest BCUT2D eigenvalue weighted by Crippen LogP contribution is -2.58. The summed E-state index contributed by atoms with van der Waals surface area (Å²) in [5, 5.41) is 34.2. The van der Waals surface area contributed by atoms with Gasteiger partial charge in [0.1, 0.15) is 12.1 Å². The smallest absolute Gasteiger partial charge is 0.320 e. The van der Waals surface area contributed by atoms with Crippen LogP contribution in [0.4, 0.5) is 0 Å². The minimum Gasteiger partial charge on any atom is -0.480 e. The van der Waals surface area contributed by atoms with E-state index in [4.69, 9.17) is 11.5 Å². The topological polar surface area (TPSA) is 192 Å². The molecule has 11 nitrogen and oxygen atoms in total. The lowest BCUT2D eigenvalue weighted by atomic mass is 10.0. The largest absolute Gasteiger partial charge is 0.480 e. The third kappa shape index (κ3) is 13.3. The monoisotopic (exact) mass is 662 g/mol. The Labute approximate surface area is 284 Å². The first-order chi connectivity index (χ1) is 23.1. The number of hydrogen-bond acceptors (Lipinski definition) is 8. The van der Waals surface area contributed by atoms with E-state index in [2.05, 4.69) is 51.6 Å². The quantitative estimate of drug-likeness (QED) is 0.0745. The fourth-order valence-electron chi connectivity index (χ4n) is 5.72. The van der Waals surface area contributed by atoms with Gasteiger partial charge in [0, 0.05) is 25.2 Å². The highest BCUT2D eigenvalue weighted by Crippen LogP contribution is 2.16. The Bertz CT molecular complexity index is 1420. The number of carboxylic acids is 1. The second-order valence-corrected chi connectivity index (χ2v) is 13.0. The van der Waals surface area contributed by atoms with Crippen molar-refractivity contribution in [1.82, 2.24) is 21.3 Å². The van der Waals surface area contributed by atoms with Crippen molar-refractivity contribution in [1.29, 1.82) is 0 Å². The second-order valence-electron chi connectivity index (χ2n) is 13.0. The number of nitrogens with two attached hydrogens (primary N) is 2. The molecule has 11 heteroatoms. The Morgan fingerprint density at radius 3 is 2.08 bits per heavy atom. The van der Waals surface area contributed by atoms with Crippen molar-refractivity contribution in [2.45, 2.75) is 82.6 Å². The fourth-order valence-corrected chi connectivity index (χ4v) is 5.72. The van der Waals surface area contributed by atoms with Gasteiger partial charge in [-0.25, -0.2) is 0 Å². The van der Waals surface area contributed by atoms with Crippen LogP contribution in [0.5, 0.6) is 0 Å². The van der Waals surface area contributed by atoms with E-state index in [1.165, 1.54) is 0 Å². The number of rotatable bonds is 22. The number of aliphatic hydroxyl groups is 1. The number of carbonyl (C=O) groups excluding carboxylic acids is 2. The van der Waals surface area contributed by atoms with Gasteiger partial charge in [-0.3, -0.25) is 14.4 Å². The first-order valence-corrected chi connectivity index (χ1v) is 17.0. The maximum Gasteiger partial charge on any atom is 0.320 e. The molecule has 0 aromatic heterocycles. The van der Waals surface area contributed by atoms with Gasteiger partial charge in [-0.05, 0) is 66.5 Å². The van der Waals surface area contributed by atoms with Gasteiger partial charge >= 0.3 is 5.97 Å². The molecule has 0 aliphatic carbocycles. The van der Waals surface area contributed by atoms with Gasteiger partial charge < -0.3 is 42.9 Å². The summed E-state index contributed by atoms with van der Waals surface area (Å²) in [6, 6.07) is 20.5. The molecule has 262 valence electrons. The Balaban J connectivity index is 1.63. The highest BCUT2D eigenvalue weighted by atomic mass is 16.4. The maximum absolute atomic E-state index is 13.5. The summed E-state index contributed by atoms with van der Waals surface area (Å²) in [6.45, 7) is 4.35. The number of hydrogen-bond donors (Lipinski definition) is 8. The molecule has 0 aliphatic heterocycles. The molecule has 48 heavy (non-hydrogen) atoms. The third-order valence-electron chi connectivity index (χ3n) is 8.30. The second kappa shape index (κ2) is 20.5. The molecule has 3 aromatic carbocycles. The molecule has 0 heterocycles. The zero-order valence-corrected chi connectivity index (χ0v) is 28.2. The molecule has 0 bridgehead atoms. The van der Waals surface area contributed by atoms with Crippen molar-refractivity contribution in [3.8, 4) is 0 Å². The van der Waals surface area contributed by atoms with Crippen LogP contribution < -0.4 is 32.7 Å². The molecule has 5 atom stereocenters. The number of carbonyl (C=O) groups is 3. The lowest BCUT2D eigenvalue weighted by molar-refractivity contribution is -0.140. The van der Waals surface area contributed by atoms with Crippen LogP contribution in [0, 0.1) is 5.92 Å². The van der Waals surface area contributed by atoms with Crippen molar-refractivity contribution < 1.29 is 24.6 Å². The lowest BCUT2D eigenvalue weighted by Gasteiger charge is -2.27. The Morgan fingerprint density at radius 2 is 1.42 bits per heavy atom. The Hall–Kier alpha value is -3.87. The first kappa shape index (κ1) is 38.6. The van der Waals surface area contributed by atoms with E-state index in [-0.39, 0.29) is 18.5 Å². The van der Waals surface area contributed by atoms with E-state index in [0.717, 1.165) is 28.3 Å². The maximum atomic E-state index is 13.5. The fraction of sp³-hybridized carbons (Fsp3) is 0.486. The van der Waals surface area contributed by atoms with Crippen LogP contribution in [-0.4, -0.2) is 84.4 Å². The number of aliphatic carboxylic acids is 1. The molecule has 0 aliphatic rings. The van der Waals surface area contributed by atoms with Crippen molar-refractivity contribution in [3.05, 3.63) is 83.9 Å². The normalized spacial score (nSPS) is 14.6. The molecule has 0 saturated heterocycles. The highest BCUT2D eigenvalue weighted by molar-refractivity contribution is 5.90. The van der Waals surface area contributed by atoms with E-state index in [9.17, 15) is 24.6 Å². The van der Waals surface area contributed by atoms with E-state index >= 15 is 0 Å². The van der Waals surface area contributed by atoms with Crippen LogP contribution >= 0.6 is 0 Å². The van der Waals surface area contributed by atoms with E-state index in [1.807, 2.05) is 56.3 Å². The number of carboxylic acid groups (broad SMARTS) is 1. The Morgan fingerprint density at radius 1 is 0.750 bits per heavy atom. The number of nitrogens with one attached hydrogen (secondary N) is 4. The zero-order valence-electron chi connectivity index (χ0n) is 28.2. The van der Waals surface area contributed by atoms with Gasteiger partial charge in [-0.1, -0.05) is 93.1 Å². The van der Waals surface area contributed by atoms with E-state index in [1.54, 1.807) is 0 Å². The molecule has 3 rings (SSSR count). The number of aliphatic hydroxyl groups excluding tert-OH is 1. The van der Waals surface area contributed by atoms with Crippen LogP contribution in [-0.2, 0) is 27.2 Å². The van der Waals surface area contributed by atoms with E-state index in [0.29, 0.717) is 45.2 Å². The number of unbranched alkanes of at least 4 members (excludes halogenated alkanes) is 1. The summed E-state index contributed by atoms with van der Waals surface area (Å²) in [6.07, 6.45) is 3.40. The summed E-state index contributed by atoms with van der Waals surface area (Å²) in [5.41, 5.74) is 14.2. The average Bonchev–Trinajstić information content (AvgIpc) is 3.06. The van der Waals surface area contributed by atoms with Gasteiger partial charge in [-0.2, -0.15) is 0 Å². The molecular formula is C37H54N6O5. The molecular weight excluding hydrogens is 608 g/mol. The number of amides is 2. The number of fused-ring (bicyclic) bond motifs is 1. The van der Waals surface area contributed by atoms with Crippen molar-refractivity contribution in [3.63, 3.8) is 0 Å². The predicted molar refractivity (Wildman–Crippen MR) is 190 cm³/mol. The highest BCUT2D eigenvalue weighted by Gasteiger charge is 2.28.